The monoisotopic (exact) mass is 403 g/mol. The molecule has 4 unspecified atom stereocenters. The van der Waals surface area contributed by atoms with Crippen molar-refractivity contribution in [3.63, 3.8) is 0 Å². The minimum Gasteiger partial charge on any atom is -0.324 e. The zero-order chi connectivity index (χ0) is 20.2. The normalized spacial score (nSPS) is 28.3. The number of anilines is 1. The molecule has 1 heterocycles. The van der Waals surface area contributed by atoms with Crippen molar-refractivity contribution in [1.82, 2.24) is 9.21 Å². The van der Waals surface area contributed by atoms with Crippen molar-refractivity contribution in [2.45, 2.75) is 11.3 Å². The van der Waals surface area contributed by atoms with Gasteiger partial charge in [-0.15, -0.1) is 0 Å². The SMILES string of the molecule is CN(C)S(=O)(=O)c1cccc(NC(=O)CN2C(=O)C3C4C=CC(C4)C3C2=O)c1. The van der Waals surface area contributed by atoms with Crippen LogP contribution in [0.15, 0.2) is 41.3 Å². The van der Waals surface area contributed by atoms with Crippen molar-refractivity contribution >= 4 is 33.4 Å². The predicted molar refractivity (Wildman–Crippen MR) is 100 cm³/mol. The van der Waals surface area contributed by atoms with Gasteiger partial charge in [-0.25, -0.2) is 12.7 Å². The van der Waals surface area contributed by atoms with Crippen LogP contribution >= 0.6 is 0 Å². The van der Waals surface area contributed by atoms with E-state index in [1.165, 1.54) is 32.3 Å². The summed E-state index contributed by atoms with van der Waals surface area (Å²) in [6.45, 7) is -0.366. The lowest BCUT2D eigenvalue weighted by molar-refractivity contribution is -0.143. The summed E-state index contributed by atoms with van der Waals surface area (Å²) in [7, 11) is -0.793. The second-order valence-corrected chi connectivity index (χ2v) is 9.78. The Morgan fingerprint density at radius 1 is 1.14 bits per heavy atom. The van der Waals surface area contributed by atoms with Gasteiger partial charge < -0.3 is 5.32 Å². The maximum absolute atomic E-state index is 12.6. The van der Waals surface area contributed by atoms with Gasteiger partial charge in [0.2, 0.25) is 27.7 Å². The summed E-state index contributed by atoms with van der Waals surface area (Å²) in [5.74, 6) is -1.62. The lowest BCUT2D eigenvalue weighted by Crippen LogP contribution is -2.39. The largest absolute Gasteiger partial charge is 0.324 e. The fourth-order valence-electron chi connectivity index (χ4n) is 4.41. The Balaban J connectivity index is 1.46. The molecule has 0 radical (unpaired) electrons. The molecule has 3 amide bonds. The maximum atomic E-state index is 12.6. The topological polar surface area (TPSA) is 104 Å². The quantitative estimate of drug-likeness (QED) is 0.575. The second-order valence-electron chi connectivity index (χ2n) is 7.63. The first-order valence-corrected chi connectivity index (χ1v) is 10.5. The molecule has 2 bridgehead atoms. The van der Waals surface area contributed by atoms with Gasteiger partial charge in [0, 0.05) is 19.8 Å². The molecular weight excluding hydrogens is 382 g/mol. The van der Waals surface area contributed by atoms with Crippen LogP contribution in [0.2, 0.25) is 0 Å². The standard InChI is InChI=1S/C19H21N3O5S/c1-21(2)28(26,27)14-5-3-4-13(9-14)20-15(23)10-22-18(24)16-11-6-7-12(8-11)17(16)19(22)25/h3-7,9,11-12,16-17H,8,10H2,1-2H3,(H,20,23). The number of amides is 3. The van der Waals surface area contributed by atoms with Crippen LogP contribution in [-0.2, 0) is 24.4 Å². The van der Waals surface area contributed by atoms with Crippen molar-refractivity contribution in [1.29, 1.82) is 0 Å². The van der Waals surface area contributed by atoms with Crippen molar-refractivity contribution in [2.75, 3.05) is 26.0 Å². The number of nitrogens with zero attached hydrogens (tertiary/aromatic N) is 2. The zero-order valence-electron chi connectivity index (χ0n) is 15.5. The highest BCUT2D eigenvalue weighted by atomic mass is 32.2. The molecule has 1 aromatic carbocycles. The summed E-state index contributed by atoms with van der Waals surface area (Å²) in [4.78, 5) is 38.8. The third-order valence-electron chi connectivity index (χ3n) is 5.76. The smallest absolute Gasteiger partial charge is 0.244 e. The van der Waals surface area contributed by atoms with Crippen LogP contribution in [0.3, 0.4) is 0 Å². The summed E-state index contributed by atoms with van der Waals surface area (Å²) < 4.78 is 25.5. The maximum Gasteiger partial charge on any atom is 0.244 e. The summed E-state index contributed by atoms with van der Waals surface area (Å²) in [6, 6.07) is 5.85. The molecular formula is C19H21N3O5S. The van der Waals surface area contributed by atoms with E-state index in [0.717, 1.165) is 15.6 Å². The molecule has 0 aromatic heterocycles. The third-order valence-corrected chi connectivity index (χ3v) is 7.57. The number of carbonyl (C=O) groups is 3. The highest BCUT2D eigenvalue weighted by Crippen LogP contribution is 2.52. The Morgan fingerprint density at radius 3 is 2.32 bits per heavy atom. The van der Waals surface area contributed by atoms with Gasteiger partial charge in [0.1, 0.15) is 6.54 Å². The molecule has 0 spiro atoms. The lowest BCUT2D eigenvalue weighted by Gasteiger charge is -2.17. The number of sulfonamides is 1. The minimum absolute atomic E-state index is 0.0424. The second kappa shape index (κ2) is 6.52. The Morgan fingerprint density at radius 2 is 1.75 bits per heavy atom. The average Bonchev–Trinajstić information content (AvgIpc) is 3.32. The highest BCUT2D eigenvalue weighted by molar-refractivity contribution is 7.89. The van der Waals surface area contributed by atoms with Gasteiger partial charge >= 0.3 is 0 Å². The molecule has 1 aromatic rings. The average molecular weight is 403 g/mol. The Kier molecular flexibility index (Phi) is 4.39. The minimum atomic E-state index is -3.63. The summed E-state index contributed by atoms with van der Waals surface area (Å²) in [5.41, 5.74) is 0.286. The van der Waals surface area contributed by atoms with Gasteiger partial charge in [-0.2, -0.15) is 0 Å². The van der Waals surface area contributed by atoms with E-state index in [1.54, 1.807) is 6.07 Å². The highest BCUT2D eigenvalue weighted by Gasteiger charge is 2.59. The first kappa shape index (κ1) is 18.8. The molecule has 2 fully saturated rings. The molecule has 1 aliphatic heterocycles. The van der Waals surface area contributed by atoms with Crippen molar-refractivity contribution in [2.24, 2.45) is 23.7 Å². The number of hydrogen-bond donors (Lipinski definition) is 1. The van der Waals surface area contributed by atoms with Crippen LogP contribution in [0.1, 0.15) is 6.42 Å². The molecule has 3 aliphatic rings. The van der Waals surface area contributed by atoms with Crippen LogP contribution in [-0.4, -0.2) is 56.0 Å². The molecule has 28 heavy (non-hydrogen) atoms. The van der Waals surface area contributed by atoms with E-state index >= 15 is 0 Å². The van der Waals surface area contributed by atoms with Gasteiger partial charge in [-0.3, -0.25) is 19.3 Å². The van der Waals surface area contributed by atoms with E-state index in [4.69, 9.17) is 0 Å². The molecule has 8 nitrogen and oxygen atoms in total. The van der Waals surface area contributed by atoms with Gasteiger partial charge in [0.05, 0.1) is 16.7 Å². The van der Waals surface area contributed by atoms with E-state index in [1.807, 2.05) is 12.2 Å². The van der Waals surface area contributed by atoms with E-state index in [2.05, 4.69) is 5.32 Å². The summed E-state index contributed by atoms with van der Waals surface area (Å²) in [6.07, 6.45) is 4.83. The van der Waals surface area contributed by atoms with Crippen LogP contribution < -0.4 is 5.32 Å². The number of imide groups is 1. The number of hydrogen-bond acceptors (Lipinski definition) is 5. The molecule has 4 atom stereocenters. The van der Waals surface area contributed by atoms with Gasteiger partial charge in [-0.05, 0) is 36.5 Å². The van der Waals surface area contributed by atoms with Crippen LogP contribution in [0.25, 0.3) is 0 Å². The first-order valence-electron chi connectivity index (χ1n) is 9.06. The molecule has 1 N–H and O–H groups in total. The number of rotatable bonds is 5. The Hall–Kier alpha value is -2.52. The number of carbonyl (C=O) groups excluding carboxylic acids is 3. The Labute approximate surface area is 163 Å². The molecule has 1 saturated heterocycles. The molecule has 9 heteroatoms. The third kappa shape index (κ3) is 2.85. The predicted octanol–water partition coefficient (Wildman–Crippen LogP) is 0.682. The van der Waals surface area contributed by atoms with Crippen molar-refractivity contribution < 1.29 is 22.8 Å². The fourth-order valence-corrected chi connectivity index (χ4v) is 5.36. The lowest BCUT2D eigenvalue weighted by atomic mass is 9.85. The van der Waals surface area contributed by atoms with Crippen LogP contribution in [0.5, 0.6) is 0 Å². The number of allylic oxidation sites excluding steroid dienone is 2. The zero-order valence-corrected chi connectivity index (χ0v) is 16.3. The number of fused-ring (bicyclic) bond motifs is 5. The fraction of sp³-hybridized carbons (Fsp3) is 0.421. The van der Waals surface area contributed by atoms with E-state index in [0.29, 0.717) is 0 Å². The van der Waals surface area contributed by atoms with Crippen LogP contribution in [0, 0.1) is 23.7 Å². The number of likely N-dealkylation sites (tertiary alicyclic amines) is 1. The number of benzene rings is 1. The van der Waals surface area contributed by atoms with Gasteiger partial charge in [-0.1, -0.05) is 18.2 Å². The van der Waals surface area contributed by atoms with Crippen molar-refractivity contribution in [3.8, 4) is 0 Å². The summed E-state index contributed by atoms with van der Waals surface area (Å²) >= 11 is 0. The van der Waals surface area contributed by atoms with E-state index < -0.39 is 15.9 Å². The Bertz CT molecular complexity index is 971. The van der Waals surface area contributed by atoms with E-state index in [-0.39, 0.29) is 52.6 Å². The van der Waals surface area contributed by atoms with Gasteiger partial charge in [0.25, 0.3) is 0 Å². The molecule has 4 rings (SSSR count). The van der Waals surface area contributed by atoms with Crippen LogP contribution in [0.4, 0.5) is 5.69 Å². The van der Waals surface area contributed by atoms with E-state index in [9.17, 15) is 22.8 Å². The molecule has 1 saturated carbocycles. The first-order chi connectivity index (χ1) is 13.2. The molecule has 2 aliphatic carbocycles. The molecule has 148 valence electrons. The van der Waals surface area contributed by atoms with Crippen molar-refractivity contribution in [3.05, 3.63) is 36.4 Å². The van der Waals surface area contributed by atoms with Gasteiger partial charge in [0.15, 0.2) is 0 Å². The summed E-state index contributed by atoms with van der Waals surface area (Å²) in [5, 5.41) is 2.58. The number of nitrogens with one attached hydrogen (secondary N) is 1.